The predicted octanol–water partition coefficient (Wildman–Crippen LogP) is 1.000. The fourth-order valence-electron chi connectivity index (χ4n) is 1.82. The summed E-state index contributed by atoms with van der Waals surface area (Å²) in [7, 11) is 0. The van der Waals surface area contributed by atoms with E-state index in [1.807, 2.05) is 6.92 Å². The van der Waals surface area contributed by atoms with Gasteiger partial charge >= 0.3 is 0 Å². The van der Waals surface area contributed by atoms with E-state index in [0.717, 1.165) is 5.56 Å². The minimum atomic E-state index is -0.597. The van der Waals surface area contributed by atoms with E-state index in [9.17, 15) is 9.18 Å². The van der Waals surface area contributed by atoms with Crippen LogP contribution in [0.2, 0.25) is 0 Å². The van der Waals surface area contributed by atoms with Gasteiger partial charge in [-0.15, -0.1) is 0 Å². The third-order valence-corrected chi connectivity index (χ3v) is 2.68. The van der Waals surface area contributed by atoms with Gasteiger partial charge in [0, 0.05) is 12.2 Å². The Bertz CT molecular complexity index is 606. The van der Waals surface area contributed by atoms with Gasteiger partial charge in [0.1, 0.15) is 11.5 Å². The van der Waals surface area contributed by atoms with E-state index in [1.165, 1.54) is 23.1 Å². The maximum absolute atomic E-state index is 14.0. The molecular formula is C13H15FN4O. The molecule has 0 aliphatic carbocycles. The highest BCUT2D eigenvalue weighted by Crippen LogP contribution is 2.16. The summed E-state index contributed by atoms with van der Waals surface area (Å²) in [6.07, 6.45) is 3.30. The molecule has 0 radical (unpaired) electrons. The molecule has 0 aliphatic heterocycles. The number of aromatic nitrogens is 2. The van der Waals surface area contributed by atoms with E-state index in [0.29, 0.717) is 6.42 Å². The van der Waals surface area contributed by atoms with Crippen molar-refractivity contribution in [3.05, 3.63) is 47.5 Å². The van der Waals surface area contributed by atoms with Crippen molar-refractivity contribution in [2.24, 2.45) is 11.5 Å². The highest BCUT2D eigenvalue weighted by atomic mass is 19.1. The molecule has 0 saturated carbocycles. The molecule has 0 spiro atoms. The predicted molar refractivity (Wildman–Crippen MR) is 69.4 cm³/mol. The largest absolute Gasteiger partial charge is 0.366 e. The summed E-state index contributed by atoms with van der Waals surface area (Å²) in [4.78, 5) is 11.0. The van der Waals surface area contributed by atoms with Crippen LogP contribution in [0.4, 0.5) is 4.39 Å². The Labute approximate surface area is 110 Å². The molecule has 5 nitrogen and oxygen atoms in total. The second-order valence-electron chi connectivity index (χ2n) is 4.51. The van der Waals surface area contributed by atoms with Crippen molar-refractivity contribution >= 4 is 5.91 Å². The number of nitrogens with zero attached hydrogens (tertiary/aromatic N) is 2. The molecule has 1 aromatic heterocycles. The van der Waals surface area contributed by atoms with Gasteiger partial charge in [0.05, 0.1) is 11.8 Å². The fraction of sp³-hybridized carbons (Fsp3) is 0.231. The SMILES string of the molecule is CC(N)Cc1ccc(-n2cc(C(N)=O)cn2)c(F)c1. The van der Waals surface area contributed by atoms with E-state index < -0.39 is 11.7 Å². The number of carbonyl (C=O) groups is 1. The summed E-state index contributed by atoms with van der Waals surface area (Å²) in [5.74, 6) is -1.02. The molecule has 6 heteroatoms. The molecule has 1 aromatic carbocycles. The van der Waals surface area contributed by atoms with Crippen molar-refractivity contribution in [3.8, 4) is 5.69 Å². The van der Waals surface area contributed by atoms with Crippen molar-refractivity contribution in [3.63, 3.8) is 0 Å². The summed E-state index contributed by atoms with van der Waals surface area (Å²) in [5.41, 5.74) is 12.1. The zero-order valence-corrected chi connectivity index (χ0v) is 10.5. The monoisotopic (exact) mass is 262 g/mol. The lowest BCUT2D eigenvalue weighted by molar-refractivity contribution is 0.100. The maximum Gasteiger partial charge on any atom is 0.251 e. The van der Waals surface area contributed by atoms with Gasteiger partial charge in [-0.05, 0) is 31.0 Å². The first-order valence-electron chi connectivity index (χ1n) is 5.86. The Kier molecular flexibility index (Phi) is 3.62. The first kappa shape index (κ1) is 13.2. The molecule has 0 saturated heterocycles. The van der Waals surface area contributed by atoms with Crippen LogP contribution >= 0.6 is 0 Å². The van der Waals surface area contributed by atoms with Crippen LogP contribution in [0.1, 0.15) is 22.8 Å². The van der Waals surface area contributed by atoms with Gasteiger partial charge < -0.3 is 11.5 Å². The Hall–Kier alpha value is -2.21. The minimum Gasteiger partial charge on any atom is -0.366 e. The Morgan fingerprint density at radius 2 is 2.26 bits per heavy atom. The number of rotatable bonds is 4. The summed E-state index contributed by atoms with van der Waals surface area (Å²) < 4.78 is 15.3. The lowest BCUT2D eigenvalue weighted by atomic mass is 10.1. The van der Waals surface area contributed by atoms with Gasteiger partial charge in [-0.2, -0.15) is 5.10 Å². The number of hydrogen-bond donors (Lipinski definition) is 2. The lowest BCUT2D eigenvalue weighted by Crippen LogP contribution is -2.17. The average Bonchev–Trinajstić information content (AvgIpc) is 2.77. The average molecular weight is 262 g/mol. The van der Waals surface area contributed by atoms with E-state index >= 15 is 0 Å². The van der Waals surface area contributed by atoms with Crippen LogP contribution in [-0.2, 0) is 6.42 Å². The topological polar surface area (TPSA) is 86.9 Å². The number of nitrogens with two attached hydrogens (primary N) is 2. The van der Waals surface area contributed by atoms with Gasteiger partial charge in [0.15, 0.2) is 0 Å². The van der Waals surface area contributed by atoms with E-state index in [-0.39, 0.29) is 17.3 Å². The first-order chi connectivity index (χ1) is 8.97. The summed E-state index contributed by atoms with van der Waals surface area (Å²) in [6, 6.07) is 4.78. The number of carbonyl (C=O) groups excluding carboxylic acids is 1. The molecular weight excluding hydrogens is 247 g/mol. The van der Waals surface area contributed by atoms with Crippen LogP contribution in [0, 0.1) is 5.82 Å². The van der Waals surface area contributed by atoms with Crippen molar-refractivity contribution in [1.82, 2.24) is 9.78 Å². The van der Waals surface area contributed by atoms with E-state index in [2.05, 4.69) is 5.10 Å². The quantitative estimate of drug-likeness (QED) is 0.861. The van der Waals surface area contributed by atoms with E-state index in [4.69, 9.17) is 11.5 Å². The van der Waals surface area contributed by atoms with Crippen LogP contribution in [0.3, 0.4) is 0 Å². The molecule has 0 bridgehead atoms. The zero-order chi connectivity index (χ0) is 14.0. The Morgan fingerprint density at radius 3 is 2.79 bits per heavy atom. The summed E-state index contributed by atoms with van der Waals surface area (Å²) in [6.45, 7) is 1.86. The summed E-state index contributed by atoms with van der Waals surface area (Å²) in [5, 5.41) is 3.91. The Morgan fingerprint density at radius 1 is 1.53 bits per heavy atom. The second kappa shape index (κ2) is 5.19. The smallest absolute Gasteiger partial charge is 0.251 e. The molecule has 2 rings (SSSR count). The van der Waals surface area contributed by atoms with Crippen molar-refractivity contribution in [2.75, 3.05) is 0 Å². The van der Waals surface area contributed by atoms with Gasteiger partial charge in [-0.1, -0.05) is 6.07 Å². The highest BCUT2D eigenvalue weighted by molar-refractivity contribution is 5.92. The molecule has 0 aliphatic rings. The van der Waals surface area contributed by atoms with Crippen molar-refractivity contribution in [2.45, 2.75) is 19.4 Å². The van der Waals surface area contributed by atoms with Crippen LogP contribution in [0.25, 0.3) is 5.69 Å². The van der Waals surface area contributed by atoms with Crippen LogP contribution in [0.15, 0.2) is 30.6 Å². The third kappa shape index (κ3) is 2.97. The normalized spacial score (nSPS) is 12.4. The second-order valence-corrected chi connectivity index (χ2v) is 4.51. The molecule has 1 unspecified atom stereocenters. The fourth-order valence-corrected chi connectivity index (χ4v) is 1.82. The molecule has 0 fully saturated rings. The molecule has 4 N–H and O–H groups in total. The number of amides is 1. The molecule has 1 heterocycles. The molecule has 19 heavy (non-hydrogen) atoms. The van der Waals surface area contributed by atoms with Crippen LogP contribution in [0.5, 0.6) is 0 Å². The number of primary amides is 1. The molecule has 2 aromatic rings. The zero-order valence-electron chi connectivity index (χ0n) is 10.5. The van der Waals surface area contributed by atoms with E-state index in [1.54, 1.807) is 12.1 Å². The van der Waals surface area contributed by atoms with Crippen LogP contribution < -0.4 is 11.5 Å². The van der Waals surface area contributed by atoms with Crippen molar-refractivity contribution < 1.29 is 9.18 Å². The molecule has 100 valence electrons. The standard InChI is InChI=1S/C13H15FN4O/c1-8(15)4-9-2-3-12(11(14)5-9)18-7-10(6-17-18)13(16)19/h2-3,5-8H,4,15H2,1H3,(H2,16,19). The van der Waals surface area contributed by atoms with Gasteiger partial charge in [0.25, 0.3) is 5.91 Å². The van der Waals surface area contributed by atoms with Crippen molar-refractivity contribution in [1.29, 1.82) is 0 Å². The molecule has 1 amide bonds. The number of benzene rings is 1. The number of halogens is 1. The minimum absolute atomic E-state index is 0.0311. The van der Waals surface area contributed by atoms with Gasteiger partial charge in [0.2, 0.25) is 0 Å². The maximum atomic E-state index is 14.0. The van der Waals surface area contributed by atoms with Crippen LogP contribution in [-0.4, -0.2) is 21.7 Å². The molecule has 1 atom stereocenters. The Balaban J connectivity index is 2.32. The number of hydrogen-bond acceptors (Lipinski definition) is 3. The highest BCUT2D eigenvalue weighted by Gasteiger charge is 2.10. The first-order valence-corrected chi connectivity index (χ1v) is 5.86. The lowest BCUT2D eigenvalue weighted by Gasteiger charge is -2.08. The van der Waals surface area contributed by atoms with Gasteiger partial charge in [-0.25, -0.2) is 9.07 Å². The summed E-state index contributed by atoms with van der Waals surface area (Å²) >= 11 is 0. The van der Waals surface area contributed by atoms with Gasteiger partial charge in [-0.3, -0.25) is 4.79 Å². The third-order valence-electron chi connectivity index (χ3n) is 2.68.